The monoisotopic (exact) mass is 364 g/mol. The van der Waals surface area contributed by atoms with Gasteiger partial charge in [-0.25, -0.2) is 0 Å². The van der Waals surface area contributed by atoms with Crippen LogP contribution in [0.3, 0.4) is 0 Å². The molecule has 0 unspecified atom stereocenters. The topological polar surface area (TPSA) is 69.0 Å². The van der Waals surface area contributed by atoms with E-state index in [-0.39, 0.29) is 10.6 Å². The number of nitrogens with one attached hydrogen (secondary N) is 1. The summed E-state index contributed by atoms with van der Waals surface area (Å²) >= 11 is 1.08. The average Bonchev–Trinajstić information content (AvgIpc) is 3.14. The van der Waals surface area contributed by atoms with Gasteiger partial charge in [0, 0.05) is 29.5 Å². The van der Waals surface area contributed by atoms with Crippen LogP contribution >= 0.6 is 11.3 Å². The van der Waals surface area contributed by atoms with E-state index in [0.29, 0.717) is 17.2 Å². The normalized spacial score (nSPS) is 10.9. The number of amides is 1. The number of thiophene rings is 1. The number of halogens is 2. The van der Waals surface area contributed by atoms with E-state index < -0.39 is 12.5 Å². The molecule has 25 heavy (non-hydrogen) atoms. The van der Waals surface area contributed by atoms with Crippen LogP contribution < -0.4 is 10.1 Å². The molecular weight excluding hydrogens is 350 g/mol. The Labute approximate surface area is 146 Å². The fourth-order valence-electron chi connectivity index (χ4n) is 2.20. The molecule has 9 heteroatoms. The van der Waals surface area contributed by atoms with Gasteiger partial charge in [0.25, 0.3) is 5.91 Å². The molecule has 0 atom stereocenters. The zero-order chi connectivity index (χ0) is 17.8. The molecule has 6 nitrogen and oxygen atoms in total. The molecule has 0 aliphatic carbocycles. The maximum absolute atomic E-state index is 12.4. The number of hydrogen-bond acceptors (Lipinski definition) is 5. The van der Waals surface area contributed by atoms with E-state index in [1.165, 1.54) is 6.07 Å². The Bertz CT molecular complexity index is 864. The second-order valence-electron chi connectivity index (χ2n) is 5.14. The molecule has 3 aromatic heterocycles. The van der Waals surface area contributed by atoms with Crippen molar-refractivity contribution in [1.82, 2.24) is 14.8 Å². The van der Waals surface area contributed by atoms with Crippen molar-refractivity contribution >= 4 is 23.1 Å². The predicted octanol–water partition coefficient (Wildman–Crippen LogP) is 3.55. The average molecular weight is 364 g/mol. The summed E-state index contributed by atoms with van der Waals surface area (Å²) in [5, 5.41) is 6.84. The summed E-state index contributed by atoms with van der Waals surface area (Å²) in [5.74, 6) is -0.345. The molecule has 3 heterocycles. The van der Waals surface area contributed by atoms with Crippen molar-refractivity contribution in [2.75, 3.05) is 5.32 Å². The van der Waals surface area contributed by atoms with Crippen molar-refractivity contribution in [2.24, 2.45) is 0 Å². The molecule has 0 fully saturated rings. The first kappa shape index (κ1) is 17.0. The van der Waals surface area contributed by atoms with Crippen molar-refractivity contribution in [1.29, 1.82) is 0 Å². The van der Waals surface area contributed by atoms with Crippen molar-refractivity contribution in [3.05, 3.63) is 58.2 Å². The molecule has 1 amide bonds. The Hall–Kier alpha value is -2.81. The highest BCUT2D eigenvalue weighted by molar-refractivity contribution is 7.14. The van der Waals surface area contributed by atoms with Crippen LogP contribution in [0, 0.1) is 6.92 Å². The molecule has 0 saturated carbocycles. The summed E-state index contributed by atoms with van der Waals surface area (Å²) in [6.45, 7) is -0.750. The standard InChI is InChI=1S/C16H14F2N4O2S/c1-10-8-12(24-16(17)18)14(25-10)15(23)20-13-4-7-22(21-13)9-11-2-5-19-6-3-11/h2-8,16H,9H2,1H3,(H,20,21,23). The van der Waals surface area contributed by atoms with Crippen LogP contribution in [0.1, 0.15) is 20.1 Å². The summed E-state index contributed by atoms with van der Waals surface area (Å²) in [7, 11) is 0. The van der Waals surface area contributed by atoms with Crippen molar-refractivity contribution < 1.29 is 18.3 Å². The van der Waals surface area contributed by atoms with Gasteiger partial charge in [0.1, 0.15) is 10.6 Å². The summed E-state index contributed by atoms with van der Waals surface area (Å²) in [6, 6.07) is 6.77. The highest BCUT2D eigenvalue weighted by Gasteiger charge is 2.20. The Morgan fingerprint density at radius 1 is 1.36 bits per heavy atom. The van der Waals surface area contributed by atoms with Gasteiger partial charge in [0.05, 0.1) is 6.54 Å². The molecule has 0 saturated heterocycles. The van der Waals surface area contributed by atoms with Crippen LogP contribution in [-0.4, -0.2) is 27.3 Å². The zero-order valence-electron chi connectivity index (χ0n) is 13.1. The Morgan fingerprint density at radius 3 is 2.84 bits per heavy atom. The van der Waals surface area contributed by atoms with Crippen LogP contribution in [0.15, 0.2) is 42.9 Å². The minimum atomic E-state index is -2.99. The second kappa shape index (κ2) is 7.39. The van der Waals surface area contributed by atoms with E-state index in [0.717, 1.165) is 16.9 Å². The van der Waals surface area contributed by atoms with Crippen LogP contribution in [0.5, 0.6) is 5.75 Å². The fraction of sp³-hybridized carbons (Fsp3) is 0.188. The molecule has 130 valence electrons. The van der Waals surface area contributed by atoms with Crippen molar-refractivity contribution in [3.8, 4) is 5.75 Å². The number of aryl methyl sites for hydroxylation is 1. The van der Waals surface area contributed by atoms with Crippen molar-refractivity contribution in [3.63, 3.8) is 0 Å². The zero-order valence-corrected chi connectivity index (χ0v) is 14.0. The Balaban J connectivity index is 1.70. The number of ether oxygens (including phenoxy) is 1. The van der Waals surface area contributed by atoms with E-state index in [1.54, 1.807) is 36.3 Å². The quantitative estimate of drug-likeness (QED) is 0.726. The number of carbonyl (C=O) groups excluding carboxylic acids is 1. The first-order valence-corrected chi connectivity index (χ1v) is 8.12. The summed E-state index contributed by atoms with van der Waals surface area (Å²) < 4.78 is 30.9. The van der Waals surface area contributed by atoms with Gasteiger partial charge in [-0.1, -0.05) is 0 Å². The number of hydrogen-bond donors (Lipinski definition) is 1. The summed E-state index contributed by atoms with van der Waals surface area (Å²) in [5.41, 5.74) is 1.01. The van der Waals surface area contributed by atoms with Gasteiger partial charge in [-0.05, 0) is 30.7 Å². The van der Waals surface area contributed by atoms with E-state index in [4.69, 9.17) is 0 Å². The number of anilines is 1. The van der Waals surface area contributed by atoms with Crippen LogP contribution in [0.25, 0.3) is 0 Å². The lowest BCUT2D eigenvalue weighted by Gasteiger charge is -2.05. The van der Waals surface area contributed by atoms with Gasteiger partial charge < -0.3 is 10.1 Å². The lowest BCUT2D eigenvalue weighted by atomic mass is 10.3. The van der Waals surface area contributed by atoms with Gasteiger partial charge in [-0.2, -0.15) is 13.9 Å². The molecule has 0 spiro atoms. The minimum Gasteiger partial charge on any atom is -0.433 e. The Morgan fingerprint density at radius 2 is 2.12 bits per heavy atom. The molecular formula is C16H14F2N4O2S. The molecule has 1 N–H and O–H groups in total. The van der Waals surface area contributed by atoms with E-state index in [1.807, 2.05) is 12.1 Å². The highest BCUT2D eigenvalue weighted by Crippen LogP contribution is 2.30. The van der Waals surface area contributed by atoms with Crippen LogP contribution in [0.4, 0.5) is 14.6 Å². The van der Waals surface area contributed by atoms with Gasteiger partial charge >= 0.3 is 6.61 Å². The molecule has 0 radical (unpaired) electrons. The first-order chi connectivity index (χ1) is 12.0. The van der Waals surface area contributed by atoms with E-state index in [2.05, 4.69) is 20.1 Å². The third-order valence-corrected chi connectivity index (χ3v) is 4.25. The molecule has 0 aliphatic heterocycles. The maximum Gasteiger partial charge on any atom is 0.387 e. The van der Waals surface area contributed by atoms with E-state index in [9.17, 15) is 13.6 Å². The van der Waals surface area contributed by atoms with Crippen LogP contribution in [0.2, 0.25) is 0 Å². The lowest BCUT2D eigenvalue weighted by molar-refractivity contribution is -0.0498. The van der Waals surface area contributed by atoms with Crippen LogP contribution in [-0.2, 0) is 6.54 Å². The fourth-order valence-corrected chi connectivity index (χ4v) is 3.04. The third-order valence-electron chi connectivity index (χ3n) is 3.22. The number of rotatable bonds is 6. The van der Waals surface area contributed by atoms with Gasteiger partial charge in [-0.15, -0.1) is 11.3 Å². The largest absolute Gasteiger partial charge is 0.433 e. The third kappa shape index (κ3) is 4.38. The Kier molecular flexibility index (Phi) is 5.03. The second-order valence-corrected chi connectivity index (χ2v) is 6.39. The SMILES string of the molecule is Cc1cc(OC(F)F)c(C(=O)Nc2ccn(Cc3ccncc3)n2)s1. The number of nitrogens with zero attached hydrogens (tertiary/aromatic N) is 3. The predicted molar refractivity (Wildman–Crippen MR) is 89.2 cm³/mol. The molecule has 3 aromatic rings. The molecule has 0 aliphatic rings. The van der Waals surface area contributed by atoms with Gasteiger partial charge in [0.2, 0.25) is 0 Å². The van der Waals surface area contributed by atoms with Gasteiger partial charge in [0.15, 0.2) is 5.82 Å². The molecule has 3 rings (SSSR count). The number of aromatic nitrogens is 3. The number of carbonyl (C=O) groups is 1. The number of pyridine rings is 1. The molecule has 0 aromatic carbocycles. The maximum atomic E-state index is 12.4. The lowest BCUT2D eigenvalue weighted by Crippen LogP contribution is -2.13. The van der Waals surface area contributed by atoms with Crippen molar-refractivity contribution in [2.45, 2.75) is 20.1 Å². The highest BCUT2D eigenvalue weighted by atomic mass is 32.1. The van der Waals surface area contributed by atoms with E-state index >= 15 is 0 Å². The first-order valence-electron chi connectivity index (χ1n) is 7.30. The van der Waals surface area contributed by atoms with Gasteiger partial charge in [-0.3, -0.25) is 14.5 Å². The number of alkyl halides is 2. The smallest absolute Gasteiger partial charge is 0.387 e. The summed E-state index contributed by atoms with van der Waals surface area (Å²) in [6.07, 6.45) is 5.09. The molecule has 0 bridgehead atoms. The summed E-state index contributed by atoms with van der Waals surface area (Å²) in [4.78, 5) is 17.0. The minimum absolute atomic E-state index is 0.0847.